The molecule has 0 aliphatic heterocycles. The van der Waals surface area contributed by atoms with E-state index in [0.717, 1.165) is 74.3 Å². The number of benzene rings is 2. The molecule has 18 heteroatoms. The van der Waals surface area contributed by atoms with Crippen molar-refractivity contribution >= 4 is 11.9 Å². The molecule has 3 atom stereocenters. The number of methoxy groups -OCH3 is 1. The van der Waals surface area contributed by atoms with Crippen molar-refractivity contribution in [2.75, 3.05) is 20.2 Å². The van der Waals surface area contributed by atoms with Crippen LogP contribution in [0, 0.1) is 0 Å². The third-order valence-electron chi connectivity index (χ3n) is 12.5. The van der Waals surface area contributed by atoms with Gasteiger partial charge in [0.1, 0.15) is 11.2 Å². The molecule has 3 aromatic heterocycles. The molecule has 0 amide bonds. The lowest BCUT2D eigenvalue weighted by atomic mass is 10.0. The Morgan fingerprint density at radius 3 is 1.71 bits per heavy atom. The van der Waals surface area contributed by atoms with E-state index in [9.17, 15) is 40.7 Å². The van der Waals surface area contributed by atoms with Gasteiger partial charge in [0.15, 0.2) is 0 Å². The van der Waals surface area contributed by atoms with Crippen molar-refractivity contribution < 1.29 is 50.1 Å². The van der Waals surface area contributed by atoms with Crippen molar-refractivity contribution in [1.82, 2.24) is 24.4 Å². The van der Waals surface area contributed by atoms with E-state index in [-0.39, 0.29) is 24.5 Å². The van der Waals surface area contributed by atoms with Gasteiger partial charge in [0.05, 0.1) is 36.1 Å². The number of aryl methyl sites for hydroxylation is 7. The van der Waals surface area contributed by atoms with Crippen molar-refractivity contribution in [2.24, 2.45) is 5.73 Å². The number of ether oxygens (including phenoxy) is 3. The highest BCUT2D eigenvalue weighted by Gasteiger charge is 2.34. The van der Waals surface area contributed by atoms with Gasteiger partial charge in [0.2, 0.25) is 0 Å². The highest BCUT2D eigenvalue weighted by molar-refractivity contribution is 5.71. The number of imidazole rings is 1. The molecule has 2 unspecified atom stereocenters. The Labute approximate surface area is 436 Å². The molecule has 0 spiro atoms. The molecular formula is C57H74F6N6O6. The molecule has 7 rings (SSSR count). The highest BCUT2D eigenvalue weighted by atomic mass is 19.4. The van der Waals surface area contributed by atoms with Crippen molar-refractivity contribution in [3.63, 3.8) is 0 Å². The SMILES string of the molecule is CC(C)(C)OC(=O)CC(c1cccc(C(F)(F)F)c1)n1ccn(CCCc2ccc3c(n2)CCC3)c1=O.COC(C)CN[C@@H](CC(=O)OC(C)(C)C)c1cccc(C(F)(F)F)c1.NCCCc1ccc2c(n1)CCC2. The minimum atomic E-state index is -4.55. The van der Waals surface area contributed by atoms with E-state index in [1.165, 1.54) is 75.3 Å². The maximum atomic E-state index is 13.4. The van der Waals surface area contributed by atoms with Crippen molar-refractivity contribution in [3.8, 4) is 0 Å². The summed E-state index contributed by atoms with van der Waals surface area (Å²) in [5, 5.41) is 3.09. The quantitative estimate of drug-likeness (QED) is 0.0641. The number of aromatic nitrogens is 4. The number of hydrogen-bond acceptors (Lipinski definition) is 10. The summed E-state index contributed by atoms with van der Waals surface area (Å²) in [5.41, 5.74) is 10.1. The molecule has 12 nitrogen and oxygen atoms in total. The van der Waals surface area contributed by atoms with Crippen LogP contribution >= 0.6 is 0 Å². The van der Waals surface area contributed by atoms with E-state index in [1.807, 2.05) is 13.0 Å². The molecule has 5 aromatic rings. The monoisotopic (exact) mass is 1050 g/mol. The van der Waals surface area contributed by atoms with Gasteiger partial charge in [-0.1, -0.05) is 36.4 Å². The second-order valence-corrected chi connectivity index (χ2v) is 21.1. The zero-order chi connectivity index (χ0) is 55.1. The predicted molar refractivity (Wildman–Crippen MR) is 276 cm³/mol. The third-order valence-corrected chi connectivity index (χ3v) is 12.5. The zero-order valence-electron chi connectivity index (χ0n) is 44.5. The van der Waals surface area contributed by atoms with Gasteiger partial charge in [0, 0.05) is 61.4 Å². The smallest absolute Gasteiger partial charge is 0.416 e. The average molecular weight is 1050 g/mol. The number of nitrogens with one attached hydrogen (secondary N) is 1. The number of alkyl halides is 6. The number of carbonyl (C=O) groups is 2. The first-order valence-corrected chi connectivity index (χ1v) is 25.7. The topological polar surface area (TPSA) is 153 Å². The van der Waals surface area contributed by atoms with E-state index in [1.54, 1.807) is 60.9 Å². The summed E-state index contributed by atoms with van der Waals surface area (Å²) in [6, 6.07) is 16.7. The second-order valence-electron chi connectivity index (χ2n) is 21.1. The maximum Gasteiger partial charge on any atom is 0.416 e. The lowest BCUT2D eigenvalue weighted by molar-refractivity contribution is -0.156. The predicted octanol–water partition coefficient (Wildman–Crippen LogP) is 11.1. The molecule has 0 saturated carbocycles. The largest absolute Gasteiger partial charge is 0.460 e. The first-order chi connectivity index (χ1) is 35.2. The van der Waals surface area contributed by atoms with Gasteiger partial charge in [-0.15, -0.1) is 0 Å². The van der Waals surface area contributed by atoms with Crippen LogP contribution in [0.25, 0.3) is 0 Å². The number of hydrogen-bond donors (Lipinski definition) is 2. The van der Waals surface area contributed by atoms with Crippen LogP contribution in [0.2, 0.25) is 0 Å². The van der Waals surface area contributed by atoms with Crippen molar-refractivity contribution in [2.45, 2.75) is 174 Å². The fourth-order valence-electron chi connectivity index (χ4n) is 8.78. The highest BCUT2D eigenvalue weighted by Crippen LogP contribution is 2.34. The Morgan fingerprint density at radius 2 is 1.20 bits per heavy atom. The van der Waals surface area contributed by atoms with Gasteiger partial charge in [-0.25, -0.2) is 4.79 Å². The summed E-state index contributed by atoms with van der Waals surface area (Å²) < 4.78 is 97.7. The molecule has 2 aliphatic carbocycles. The minimum Gasteiger partial charge on any atom is -0.460 e. The van der Waals surface area contributed by atoms with E-state index >= 15 is 0 Å². The Balaban J connectivity index is 0.000000234. The number of nitrogens with zero attached hydrogens (tertiary/aromatic N) is 4. The zero-order valence-corrected chi connectivity index (χ0v) is 44.5. The van der Waals surface area contributed by atoms with Crippen LogP contribution in [0.5, 0.6) is 0 Å². The van der Waals surface area contributed by atoms with Crippen LogP contribution in [0.15, 0.2) is 90.0 Å². The number of carbonyl (C=O) groups excluding carboxylic acids is 2. The molecule has 2 aliphatic rings. The average Bonchev–Trinajstić information content (AvgIpc) is 4.10. The van der Waals surface area contributed by atoms with Crippen molar-refractivity contribution in [3.05, 3.63) is 152 Å². The van der Waals surface area contributed by atoms with E-state index in [0.29, 0.717) is 31.5 Å². The van der Waals surface area contributed by atoms with E-state index in [4.69, 9.17) is 24.9 Å². The molecule has 0 fully saturated rings. The maximum absolute atomic E-state index is 13.4. The summed E-state index contributed by atoms with van der Waals surface area (Å²) in [6.07, 6.45) is 3.98. The molecule has 2 aromatic carbocycles. The van der Waals surface area contributed by atoms with Crippen LogP contribution in [-0.2, 0) is 81.2 Å². The Kier molecular flexibility index (Phi) is 21.4. The fraction of sp³-hybridized carbons (Fsp3) is 0.526. The summed E-state index contributed by atoms with van der Waals surface area (Å²) >= 11 is 0. The number of fused-ring (bicyclic) bond motifs is 2. The van der Waals surface area contributed by atoms with Crippen LogP contribution in [0.1, 0.15) is 155 Å². The number of pyridine rings is 2. The molecule has 0 radical (unpaired) electrons. The van der Waals surface area contributed by atoms with E-state index in [2.05, 4.69) is 28.5 Å². The molecule has 0 bridgehead atoms. The summed E-state index contributed by atoms with van der Waals surface area (Å²) in [6.45, 7) is 13.8. The Morgan fingerprint density at radius 1 is 0.693 bits per heavy atom. The van der Waals surface area contributed by atoms with Crippen LogP contribution in [0.4, 0.5) is 26.3 Å². The standard InChI is InChI=1S/C28H32F3N3O3.C18H26F3NO3.C11H16N2/c1-27(2,3)37-25(35)18-24(20-8-4-9-21(17-20)28(29,30)31)34-16-15-33(26(34)36)14-6-10-22-13-12-19-7-5-11-23(19)32-22;1-12(24-5)11-22-15(10-16(23)25-17(2,3)4)13-7-6-8-14(9-13)18(19,20)21;12-8-2-4-10-7-6-9-3-1-5-11(9)13-10/h4,8-9,12-13,15-17,24H,5-7,10-11,14,18H2,1-3H3;6-9,12,15,22H,10-11H2,1-5H3;6-7H,1-5,8,12H2/t;12?,15-;/m.0./s1. The molecule has 3 heterocycles. The molecular weight excluding hydrogens is 979 g/mol. The van der Waals surface area contributed by atoms with Crippen LogP contribution in [-0.4, -0.2) is 68.5 Å². The Hall–Kier alpha value is -5.85. The van der Waals surface area contributed by atoms with Gasteiger partial charge in [-0.05, 0) is 178 Å². The van der Waals surface area contributed by atoms with Gasteiger partial charge in [0.25, 0.3) is 0 Å². The van der Waals surface area contributed by atoms with Crippen LogP contribution in [0.3, 0.4) is 0 Å². The van der Waals surface area contributed by atoms with Crippen molar-refractivity contribution in [1.29, 1.82) is 0 Å². The van der Waals surface area contributed by atoms with Crippen LogP contribution < -0.4 is 16.7 Å². The van der Waals surface area contributed by atoms with Gasteiger partial charge in [-0.2, -0.15) is 26.3 Å². The number of nitrogens with two attached hydrogens (primary N) is 1. The Bertz CT molecular complexity index is 2700. The number of esters is 2. The molecule has 410 valence electrons. The van der Waals surface area contributed by atoms with Gasteiger partial charge < -0.3 is 25.3 Å². The summed E-state index contributed by atoms with van der Waals surface area (Å²) in [4.78, 5) is 47.4. The lowest BCUT2D eigenvalue weighted by Crippen LogP contribution is -2.33. The first-order valence-electron chi connectivity index (χ1n) is 25.7. The first kappa shape index (κ1) is 60.0. The molecule has 3 N–H and O–H groups in total. The number of rotatable bonds is 18. The molecule has 75 heavy (non-hydrogen) atoms. The van der Waals surface area contributed by atoms with Gasteiger partial charge >= 0.3 is 30.0 Å². The minimum absolute atomic E-state index is 0.0744. The normalized spacial score (nSPS) is 14.6. The summed E-state index contributed by atoms with van der Waals surface area (Å²) in [5.74, 6) is -1.08. The lowest BCUT2D eigenvalue weighted by Gasteiger charge is -2.24. The van der Waals surface area contributed by atoms with E-state index < -0.39 is 64.4 Å². The second kappa shape index (κ2) is 26.8. The summed E-state index contributed by atoms with van der Waals surface area (Å²) in [7, 11) is 1.54. The van der Waals surface area contributed by atoms with Gasteiger partial charge in [-0.3, -0.25) is 28.7 Å². The molecule has 0 saturated heterocycles. The fourth-order valence-corrected chi connectivity index (χ4v) is 8.78. The number of halogens is 6. The third kappa shape index (κ3) is 19.3.